The zero-order chi connectivity index (χ0) is 17.0. The Bertz CT molecular complexity index is 718. The molecule has 0 aliphatic carbocycles. The summed E-state index contributed by atoms with van der Waals surface area (Å²) >= 11 is 0.999. The number of carboxylic acids is 1. The summed E-state index contributed by atoms with van der Waals surface area (Å²) in [4.78, 5) is 34.1. The van der Waals surface area contributed by atoms with Crippen molar-refractivity contribution in [3.8, 4) is 0 Å². The lowest BCUT2D eigenvalue weighted by Crippen LogP contribution is -2.28. The lowest BCUT2D eigenvalue weighted by atomic mass is 10.2. The van der Waals surface area contributed by atoms with Crippen LogP contribution < -0.4 is 0 Å². The van der Waals surface area contributed by atoms with E-state index in [9.17, 15) is 19.7 Å². The molecule has 0 spiro atoms. The molecule has 1 aliphatic heterocycles. The SMILES string of the molecule is CN1C(=O)C(CC(=O)O)S/C1=N/N=C\c1ccccc1[N+](=O)[O-]. The van der Waals surface area contributed by atoms with Crippen LogP contribution in [-0.4, -0.2) is 50.5 Å². The molecule has 10 heteroatoms. The number of carboxylic acid groups (broad SMARTS) is 1. The first-order valence-electron chi connectivity index (χ1n) is 6.40. The number of nitro benzene ring substituents is 1. The number of rotatable bonds is 5. The topological polar surface area (TPSA) is 125 Å². The monoisotopic (exact) mass is 336 g/mol. The van der Waals surface area contributed by atoms with Gasteiger partial charge in [-0.15, -0.1) is 5.10 Å². The maximum absolute atomic E-state index is 11.8. The number of carbonyl (C=O) groups excluding carboxylic acids is 1. The summed E-state index contributed by atoms with van der Waals surface area (Å²) in [6.45, 7) is 0. The van der Waals surface area contributed by atoms with Crippen molar-refractivity contribution in [1.82, 2.24) is 4.90 Å². The summed E-state index contributed by atoms with van der Waals surface area (Å²) in [6, 6.07) is 6.03. The van der Waals surface area contributed by atoms with E-state index in [1.54, 1.807) is 6.07 Å². The molecule has 1 unspecified atom stereocenters. The van der Waals surface area contributed by atoms with Crippen LogP contribution >= 0.6 is 11.8 Å². The Kier molecular flexibility index (Phi) is 5.06. The fourth-order valence-electron chi connectivity index (χ4n) is 1.85. The average Bonchev–Trinajstić information content (AvgIpc) is 2.75. The van der Waals surface area contributed by atoms with E-state index in [-0.39, 0.29) is 28.7 Å². The van der Waals surface area contributed by atoms with Gasteiger partial charge in [0.1, 0.15) is 5.25 Å². The molecular weight excluding hydrogens is 324 g/mol. The highest BCUT2D eigenvalue weighted by Crippen LogP contribution is 2.28. The molecule has 1 saturated heterocycles. The summed E-state index contributed by atoms with van der Waals surface area (Å²) < 4.78 is 0. The van der Waals surface area contributed by atoms with Crippen LogP contribution in [0, 0.1) is 10.1 Å². The first-order chi connectivity index (χ1) is 10.9. The Hall–Kier alpha value is -2.75. The molecule has 0 saturated carbocycles. The second-order valence-electron chi connectivity index (χ2n) is 4.54. The molecule has 23 heavy (non-hydrogen) atoms. The molecule has 2 rings (SSSR count). The third-order valence-electron chi connectivity index (χ3n) is 2.97. The lowest BCUT2D eigenvalue weighted by molar-refractivity contribution is -0.385. The molecule has 120 valence electrons. The second-order valence-corrected chi connectivity index (χ2v) is 5.71. The predicted molar refractivity (Wildman–Crippen MR) is 84.5 cm³/mol. The van der Waals surface area contributed by atoms with Gasteiger partial charge in [0.2, 0.25) is 5.91 Å². The van der Waals surface area contributed by atoms with E-state index in [2.05, 4.69) is 10.2 Å². The van der Waals surface area contributed by atoms with E-state index in [4.69, 9.17) is 5.11 Å². The molecule has 1 aliphatic rings. The van der Waals surface area contributed by atoms with E-state index in [0.717, 1.165) is 11.8 Å². The molecule has 0 radical (unpaired) electrons. The fourth-order valence-corrected chi connectivity index (χ4v) is 2.93. The third kappa shape index (κ3) is 3.92. The zero-order valence-corrected chi connectivity index (χ0v) is 12.8. The zero-order valence-electron chi connectivity index (χ0n) is 11.9. The van der Waals surface area contributed by atoms with Crippen molar-refractivity contribution in [2.24, 2.45) is 10.2 Å². The van der Waals surface area contributed by atoms with Gasteiger partial charge >= 0.3 is 5.97 Å². The standard InChI is InChI=1S/C13H12N4O5S/c1-16-12(20)10(6-11(18)19)23-13(16)15-14-7-8-4-2-3-5-9(8)17(21)22/h2-5,7,10H,6H2,1H3,(H,18,19)/b14-7-,15-13+. The van der Waals surface area contributed by atoms with E-state index in [1.165, 1.54) is 36.4 Å². The van der Waals surface area contributed by atoms with Gasteiger partial charge in [0.25, 0.3) is 5.69 Å². The van der Waals surface area contributed by atoms with Crippen LogP contribution in [0.15, 0.2) is 34.5 Å². The highest BCUT2D eigenvalue weighted by molar-refractivity contribution is 8.15. The van der Waals surface area contributed by atoms with Crippen LogP contribution in [0.1, 0.15) is 12.0 Å². The Balaban J connectivity index is 2.16. The van der Waals surface area contributed by atoms with Crippen LogP contribution in [0.25, 0.3) is 0 Å². The van der Waals surface area contributed by atoms with Crippen molar-refractivity contribution in [2.45, 2.75) is 11.7 Å². The molecule has 1 amide bonds. The summed E-state index contributed by atoms with van der Waals surface area (Å²) in [7, 11) is 1.47. The number of nitrogens with zero attached hydrogens (tertiary/aromatic N) is 4. The minimum absolute atomic E-state index is 0.108. The van der Waals surface area contributed by atoms with E-state index in [0.29, 0.717) is 0 Å². The largest absolute Gasteiger partial charge is 0.481 e. The van der Waals surface area contributed by atoms with E-state index >= 15 is 0 Å². The van der Waals surface area contributed by atoms with Crippen molar-refractivity contribution >= 4 is 40.7 Å². The number of nitro groups is 1. The smallest absolute Gasteiger partial charge is 0.305 e. The first kappa shape index (κ1) is 16.6. The molecule has 1 aromatic rings. The lowest BCUT2D eigenvalue weighted by Gasteiger charge is -2.06. The summed E-state index contributed by atoms with van der Waals surface area (Å²) in [5, 5.41) is 26.7. The van der Waals surface area contributed by atoms with Gasteiger partial charge in [-0.3, -0.25) is 24.6 Å². The van der Waals surface area contributed by atoms with Crippen LogP contribution in [0.5, 0.6) is 0 Å². The number of amidine groups is 1. The molecule has 1 aromatic carbocycles. The minimum atomic E-state index is -1.08. The molecule has 1 atom stereocenters. The number of benzene rings is 1. The molecule has 1 fully saturated rings. The maximum atomic E-state index is 11.8. The quantitative estimate of drug-likeness (QED) is 0.491. The van der Waals surface area contributed by atoms with E-state index in [1.807, 2.05) is 0 Å². The van der Waals surface area contributed by atoms with Crippen molar-refractivity contribution in [2.75, 3.05) is 7.05 Å². The summed E-state index contributed by atoms with van der Waals surface area (Å²) in [5.74, 6) is -1.44. The average molecular weight is 336 g/mol. The number of aliphatic carboxylic acids is 1. The van der Waals surface area contributed by atoms with Crippen LogP contribution in [0.4, 0.5) is 5.69 Å². The second kappa shape index (κ2) is 7.01. The van der Waals surface area contributed by atoms with Crippen LogP contribution in [0.3, 0.4) is 0 Å². The van der Waals surface area contributed by atoms with Gasteiger partial charge in [-0.05, 0) is 6.07 Å². The van der Waals surface area contributed by atoms with Gasteiger partial charge in [0.15, 0.2) is 5.17 Å². The number of para-hydroxylation sites is 1. The molecule has 1 heterocycles. The molecule has 9 nitrogen and oxygen atoms in total. The number of amides is 1. The Morgan fingerprint density at radius 3 is 2.87 bits per heavy atom. The summed E-state index contributed by atoms with van der Waals surface area (Å²) in [6.07, 6.45) is 0.912. The maximum Gasteiger partial charge on any atom is 0.305 e. The van der Waals surface area contributed by atoms with E-state index < -0.39 is 16.1 Å². The normalized spacial score (nSPS) is 19.7. The Labute approximate surface area is 134 Å². The summed E-state index contributed by atoms with van der Waals surface area (Å²) in [5.41, 5.74) is 0.171. The predicted octanol–water partition coefficient (Wildman–Crippen LogP) is 1.33. The van der Waals surface area contributed by atoms with Crippen LogP contribution in [-0.2, 0) is 9.59 Å². The highest BCUT2D eigenvalue weighted by Gasteiger charge is 2.37. The first-order valence-corrected chi connectivity index (χ1v) is 7.28. The number of hydrogen-bond acceptors (Lipinski definition) is 7. The Morgan fingerprint density at radius 2 is 2.22 bits per heavy atom. The van der Waals surface area contributed by atoms with Gasteiger partial charge in [-0.1, -0.05) is 23.9 Å². The fraction of sp³-hybridized carbons (Fsp3) is 0.231. The van der Waals surface area contributed by atoms with Crippen molar-refractivity contribution in [3.63, 3.8) is 0 Å². The number of thioether (sulfide) groups is 1. The highest BCUT2D eigenvalue weighted by atomic mass is 32.2. The van der Waals surface area contributed by atoms with Gasteiger partial charge in [-0.2, -0.15) is 5.10 Å². The molecule has 0 aromatic heterocycles. The number of hydrogen-bond donors (Lipinski definition) is 1. The molecular formula is C13H12N4O5S. The Morgan fingerprint density at radius 1 is 1.52 bits per heavy atom. The van der Waals surface area contributed by atoms with Gasteiger partial charge in [-0.25, -0.2) is 0 Å². The minimum Gasteiger partial charge on any atom is -0.481 e. The van der Waals surface area contributed by atoms with Crippen LogP contribution in [0.2, 0.25) is 0 Å². The van der Waals surface area contributed by atoms with Crippen molar-refractivity contribution in [1.29, 1.82) is 0 Å². The van der Waals surface area contributed by atoms with Crippen molar-refractivity contribution < 1.29 is 19.6 Å². The van der Waals surface area contributed by atoms with Crippen molar-refractivity contribution in [3.05, 3.63) is 39.9 Å². The number of carbonyl (C=O) groups is 2. The van der Waals surface area contributed by atoms with Gasteiger partial charge < -0.3 is 5.11 Å². The van der Waals surface area contributed by atoms with Gasteiger partial charge in [0.05, 0.1) is 23.1 Å². The third-order valence-corrected chi connectivity index (χ3v) is 4.19. The van der Waals surface area contributed by atoms with Gasteiger partial charge in [0, 0.05) is 13.1 Å². The molecule has 0 bridgehead atoms. The molecule has 1 N–H and O–H groups in total.